The summed E-state index contributed by atoms with van der Waals surface area (Å²) in [6, 6.07) is 35.4. The molecule has 0 radical (unpaired) electrons. The van der Waals surface area contributed by atoms with Crippen molar-refractivity contribution in [3.05, 3.63) is 232 Å². The second-order valence-corrected chi connectivity index (χ2v) is 16.9. The number of nitrogens with one attached hydrogen (secondary N) is 4. The van der Waals surface area contributed by atoms with Crippen molar-refractivity contribution in [2.75, 3.05) is 0 Å². The van der Waals surface area contributed by atoms with Crippen LogP contribution < -0.4 is 22.3 Å². The van der Waals surface area contributed by atoms with Crippen molar-refractivity contribution in [2.24, 2.45) is 15.0 Å². The molecular weight excluding hydrogens is 915 g/mol. The summed E-state index contributed by atoms with van der Waals surface area (Å²) in [5, 5.41) is 0.403. The number of hydrogen-bond donors (Lipinski definition) is 4. The summed E-state index contributed by atoms with van der Waals surface area (Å²) in [5.74, 6) is -2.55. The summed E-state index contributed by atoms with van der Waals surface area (Å²) in [6.45, 7) is 0. The van der Waals surface area contributed by atoms with Crippen LogP contribution in [0.3, 0.4) is 0 Å². The minimum absolute atomic E-state index is 0.0436. The molecular formula is C52H26BrN7O7. The van der Waals surface area contributed by atoms with Gasteiger partial charge in [-0.15, -0.1) is 0 Å². The Morgan fingerprint density at radius 1 is 0.343 bits per heavy atom. The zero-order valence-corrected chi connectivity index (χ0v) is 35.9. The van der Waals surface area contributed by atoms with Crippen LogP contribution in [-0.4, -0.2) is 54.6 Å². The number of ketones is 6. The van der Waals surface area contributed by atoms with Crippen molar-refractivity contribution < 1.29 is 28.8 Å². The van der Waals surface area contributed by atoms with Gasteiger partial charge in [0.05, 0.1) is 44.8 Å². The maximum atomic E-state index is 14.6. The van der Waals surface area contributed by atoms with E-state index in [1.165, 1.54) is 6.07 Å². The van der Waals surface area contributed by atoms with Crippen molar-refractivity contribution in [2.45, 2.75) is 0 Å². The minimum Gasteiger partial charge on any atom is -0.354 e. The highest BCUT2D eigenvalue weighted by Gasteiger charge is 2.36. The summed E-state index contributed by atoms with van der Waals surface area (Å²) >= 11 is 3.44. The number of pyridine rings is 1. The molecule has 0 bridgehead atoms. The van der Waals surface area contributed by atoms with E-state index in [9.17, 15) is 33.6 Å². The first-order valence-corrected chi connectivity index (χ1v) is 21.5. The molecule has 0 saturated carbocycles. The summed E-state index contributed by atoms with van der Waals surface area (Å²) in [4.78, 5) is 126. The van der Waals surface area contributed by atoms with E-state index in [-0.39, 0.29) is 123 Å². The number of aromatic nitrogens is 4. The van der Waals surface area contributed by atoms with Gasteiger partial charge in [-0.05, 0) is 36.4 Å². The van der Waals surface area contributed by atoms with Crippen LogP contribution >= 0.6 is 15.9 Å². The Kier molecular flexibility index (Phi) is 8.69. The van der Waals surface area contributed by atoms with E-state index in [2.05, 4.69) is 35.9 Å². The van der Waals surface area contributed by atoms with Gasteiger partial charge in [0.1, 0.15) is 0 Å². The van der Waals surface area contributed by atoms with Crippen molar-refractivity contribution in [3.63, 3.8) is 0 Å². The Morgan fingerprint density at radius 3 is 1.22 bits per heavy atom. The molecule has 12 rings (SSSR count). The zero-order chi connectivity index (χ0) is 45.8. The van der Waals surface area contributed by atoms with E-state index in [4.69, 9.17) is 15.0 Å². The molecule has 14 nitrogen and oxygen atoms in total. The van der Waals surface area contributed by atoms with Gasteiger partial charge in [0.2, 0.25) is 16.9 Å². The Morgan fingerprint density at radius 2 is 0.746 bits per heavy atom. The lowest BCUT2D eigenvalue weighted by Crippen LogP contribution is -2.37. The molecule has 9 aromatic rings. The Labute approximate surface area is 383 Å². The third-order valence-corrected chi connectivity index (χ3v) is 12.7. The van der Waals surface area contributed by atoms with Crippen LogP contribution in [0.4, 0.5) is 17.1 Å². The highest BCUT2D eigenvalue weighted by molar-refractivity contribution is 9.10. The van der Waals surface area contributed by atoms with Gasteiger partial charge in [-0.2, -0.15) is 0 Å². The zero-order valence-electron chi connectivity index (χ0n) is 34.3. The van der Waals surface area contributed by atoms with E-state index < -0.39 is 28.6 Å². The highest BCUT2D eigenvalue weighted by atomic mass is 79.9. The van der Waals surface area contributed by atoms with Gasteiger partial charge < -0.3 is 4.98 Å². The maximum absolute atomic E-state index is 14.6. The van der Waals surface area contributed by atoms with Gasteiger partial charge in [-0.3, -0.25) is 48.5 Å². The fourth-order valence-electron chi connectivity index (χ4n) is 9.16. The molecule has 3 aliphatic rings. The third kappa shape index (κ3) is 6.02. The standard InChI is InChI=1S/C52H26BrN7O7/c53-23-19-20-34-32(21-23)45(63)33-22-37(40-41(42(33)54-34)49(67)29-14-6-5-13-28(29)48(40)66)57-52-59-50(55-35-17-7-15-30-38(35)46(64)26-11-3-1-9-24(26)43(30)61)58-51(60-52)56-36-18-8-16-31-39(36)47(65)27-12-4-2-10-25(27)44(31)62/h1-22H,(H,54,63)(H3,55,56,57,58,59,60). The van der Waals surface area contributed by atoms with Crippen LogP contribution in [0.15, 0.2) is 158 Å². The number of hydrogen-bond acceptors (Lipinski definition) is 10. The van der Waals surface area contributed by atoms with Gasteiger partial charge in [-0.25, -0.2) is 15.0 Å². The molecule has 0 atom stereocenters. The first-order valence-electron chi connectivity index (χ1n) is 20.7. The summed E-state index contributed by atoms with van der Waals surface area (Å²) in [7, 11) is 0. The summed E-state index contributed by atoms with van der Waals surface area (Å²) in [5.41, 5.74) is 1.66. The fraction of sp³-hybridized carbons (Fsp3) is 0. The number of rotatable bonds is 3. The van der Waals surface area contributed by atoms with E-state index >= 15 is 0 Å². The van der Waals surface area contributed by atoms with Crippen LogP contribution in [-0.2, 0) is 0 Å². The number of aromatic amines is 4. The Bertz CT molecular complexity index is 4020. The molecule has 3 aliphatic carbocycles. The normalized spacial score (nSPS) is 14.2. The lowest BCUT2D eigenvalue weighted by molar-refractivity contribution is 0.0979. The van der Waals surface area contributed by atoms with Gasteiger partial charge in [-0.1, -0.05) is 113 Å². The number of nitrogens with zero attached hydrogens (tertiary/aromatic N) is 3. The fourth-order valence-corrected chi connectivity index (χ4v) is 9.52. The van der Waals surface area contributed by atoms with Crippen LogP contribution in [0.5, 0.6) is 0 Å². The van der Waals surface area contributed by atoms with Gasteiger partial charge in [0.25, 0.3) is 0 Å². The topological polar surface area (TPSA) is 220 Å². The highest BCUT2D eigenvalue weighted by Crippen LogP contribution is 2.39. The maximum Gasteiger partial charge on any atom is 0.210 e. The molecule has 2 heterocycles. The number of carbonyl (C=O) groups is 6. The molecule has 0 spiro atoms. The molecule has 0 amide bonds. The number of H-pyrrole nitrogens is 4. The molecule has 67 heavy (non-hydrogen) atoms. The SMILES string of the molecule is O=C1c2ccccc2C(=O)c2c(N=c3[nH]c(=Nc4cccc5c4C(=O)c4ccccc4C5=O)[nH]c(=Nc4cc5c(=O)c6cc(Br)ccc6[nH]c5c5c4C(=O)c4ccccc4C5=O)[nH]3)cccc21. The minimum atomic E-state index is -0.515. The van der Waals surface area contributed by atoms with Gasteiger partial charge in [0, 0.05) is 65.3 Å². The molecule has 7 aromatic carbocycles. The first-order chi connectivity index (χ1) is 32.5. The lowest BCUT2D eigenvalue weighted by atomic mass is 9.81. The second-order valence-electron chi connectivity index (χ2n) is 16.0. The second kappa shape index (κ2) is 14.7. The van der Waals surface area contributed by atoms with Crippen LogP contribution in [0.2, 0.25) is 0 Å². The average Bonchev–Trinajstić information content (AvgIpc) is 3.34. The average molecular weight is 941 g/mol. The van der Waals surface area contributed by atoms with Gasteiger partial charge >= 0.3 is 0 Å². The first kappa shape index (κ1) is 39.5. The molecule has 0 fully saturated rings. The quantitative estimate of drug-likeness (QED) is 0.131. The molecule has 318 valence electrons. The number of fused-ring (bicyclic) bond motifs is 9. The van der Waals surface area contributed by atoms with Crippen molar-refractivity contribution in [1.82, 2.24) is 19.9 Å². The van der Waals surface area contributed by atoms with E-state index in [0.29, 0.717) is 15.4 Å². The number of benzene rings is 7. The predicted octanol–water partition coefficient (Wildman–Crippen LogP) is 7.45. The Balaban J connectivity index is 1.15. The van der Waals surface area contributed by atoms with E-state index in [0.717, 1.165) is 0 Å². The van der Waals surface area contributed by atoms with E-state index in [1.807, 2.05) is 0 Å². The summed E-state index contributed by atoms with van der Waals surface area (Å²) in [6.07, 6.45) is 0. The van der Waals surface area contributed by atoms with Crippen molar-refractivity contribution in [1.29, 1.82) is 0 Å². The molecule has 0 saturated heterocycles. The summed E-state index contributed by atoms with van der Waals surface area (Å²) < 4.78 is 0.648. The van der Waals surface area contributed by atoms with Crippen molar-refractivity contribution >= 4 is 89.5 Å². The van der Waals surface area contributed by atoms with Crippen molar-refractivity contribution in [3.8, 4) is 0 Å². The Hall–Kier alpha value is -9.08. The van der Waals surface area contributed by atoms with E-state index in [1.54, 1.807) is 127 Å². The molecule has 0 unspecified atom stereocenters. The molecule has 4 N–H and O–H groups in total. The molecule has 2 aromatic heterocycles. The van der Waals surface area contributed by atoms with Crippen LogP contribution in [0, 0.1) is 0 Å². The number of carbonyl (C=O) groups excluding carboxylic acids is 6. The van der Waals surface area contributed by atoms with Crippen LogP contribution in [0.25, 0.3) is 21.8 Å². The van der Waals surface area contributed by atoms with Crippen LogP contribution in [0.1, 0.15) is 95.5 Å². The molecule has 0 aliphatic heterocycles. The number of halogens is 1. The largest absolute Gasteiger partial charge is 0.354 e. The predicted molar refractivity (Wildman–Crippen MR) is 248 cm³/mol. The monoisotopic (exact) mass is 939 g/mol. The third-order valence-electron chi connectivity index (χ3n) is 12.2. The van der Waals surface area contributed by atoms with Gasteiger partial charge in [0.15, 0.2) is 40.1 Å². The lowest BCUT2D eigenvalue weighted by Gasteiger charge is -2.20. The smallest absolute Gasteiger partial charge is 0.210 e. The molecule has 15 heteroatoms.